The summed E-state index contributed by atoms with van der Waals surface area (Å²) in [7, 11) is 1.70. The van der Waals surface area contributed by atoms with E-state index in [2.05, 4.69) is 5.32 Å². The van der Waals surface area contributed by atoms with Gasteiger partial charge in [-0.05, 0) is 23.3 Å². The van der Waals surface area contributed by atoms with Crippen LogP contribution in [0.3, 0.4) is 0 Å². The molecule has 1 atom stereocenters. The fraction of sp³-hybridized carbons (Fsp3) is 0.571. The van der Waals surface area contributed by atoms with Crippen LogP contribution in [0.15, 0.2) is 12.1 Å². The predicted molar refractivity (Wildman–Crippen MR) is 69.7 cm³/mol. The molecule has 1 unspecified atom stereocenters. The number of hydrogen-bond acceptors (Lipinski definition) is 5. The Morgan fingerprint density at radius 1 is 1.21 bits per heavy atom. The van der Waals surface area contributed by atoms with Crippen LogP contribution in [0.5, 0.6) is 11.5 Å². The normalized spacial score (nSPS) is 22.3. The molecule has 0 saturated carbocycles. The fourth-order valence-electron chi connectivity index (χ4n) is 2.49. The van der Waals surface area contributed by atoms with E-state index in [4.69, 9.17) is 18.9 Å². The summed E-state index contributed by atoms with van der Waals surface area (Å²) in [5, 5.41) is 3.34. The fourth-order valence-corrected chi connectivity index (χ4v) is 2.49. The van der Waals surface area contributed by atoms with Gasteiger partial charge >= 0.3 is 0 Å². The van der Waals surface area contributed by atoms with E-state index in [-0.39, 0.29) is 6.10 Å². The third-order valence-electron chi connectivity index (χ3n) is 3.38. The van der Waals surface area contributed by atoms with E-state index in [1.165, 1.54) is 0 Å². The quantitative estimate of drug-likeness (QED) is 0.891. The minimum atomic E-state index is 0.0507. The van der Waals surface area contributed by atoms with Crippen molar-refractivity contribution in [1.29, 1.82) is 0 Å². The summed E-state index contributed by atoms with van der Waals surface area (Å²) >= 11 is 0. The van der Waals surface area contributed by atoms with Crippen LogP contribution in [-0.4, -0.2) is 40.0 Å². The molecule has 2 aliphatic heterocycles. The van der Waals surface area contributed by atoms with Crippen LogP contribution in [0.25, 0.3) is 0 Å². The van der Waals surface area contributed by atoms with Gasteiger partial charge in [-0.3, -0.25) is 0 Å². The molecule has 1 fully saturated rings. The van der Waals surface area contributed by atoms with Gasteiger partial charge in [-0.2, -0.15) is 0 Å². The van der Waals surface area contributed by atoms with Gasteiger partial charge in [0.05, 0.1) is 19.3 Å². The van der Waals surface area contributed by atoms with Gasteiger partial charge in [0.15, 0.2) is 11.5 Å². The van der Waals surface area contributed by atoms with E-state index in [1.54, 1.807) is 7.11 Å². The number of hydrogen-bond donors (Lipinski definition) is 1. The lowest BCUT2D eigenvalue weighted by Gasteiger charge is -2.28. The summed E-state index contributed by atoms with van der Waals surface area (Å²) < 4.78 is 22.4. The van der Waals surface area contributed by atoms with E-state index in [0.717, 1.165) is 42.3 Å². The molecule has 104 valence electrons. The second-order valence-corrected chi connectivity index (χ2v) is 4.69. The van der Waals surface area contributed by atoms with Crippen LogP contribution in [0.1, 0.15) is 17.2 Å². The first-order valence-corrected chi connectivity index (χ1v) is 6.62. The van der Waals surface area contributed by atoms with E-state index >= 15 is 0 Å². The Morgan fingerprint density at radius 3 is 2.68 bits per heavy atom. The molecule has 1 aromatic carbocycles. The average molecular weight is 265 g/mol. The number of benzene rings is 1. The Hall–Kier alpha value is -1.30. The first kappa shape index (κ1) is 12.7. The van der Waals surface area contributed by atoms with E-state index in [9.17, 15) is 0 Å². The maximum atomic E-state index is 5.83. The first-order valence-electron chi connectivity index (χ1n) is 6.62. The van der Waals surface area contributed by atoms with Gasteiger partial charge in [-0.15, -0.1) is 0 Å². The number of nitrogens with one attached hydrogen (secondary N) is 1. The van der Waals surface area contributed by atoms with Crippen LogP contribution in [0.4, 0.5) is 0 Å². The summed E-state index contributed by atoms with van der Waals surface area (Å²) in [6, 6.07) is 4.03. The highest BCUT2D eigenvalue weighted by Crippen LogP contribution is 2.36. The highest BCUT2D eigenvalue weighted by molar-refractivity contribution is 5.49. The van der Waals surface area contributed by atoms with Gasteiger partial charge in [0.25, 0.3) is 0 Å². The van der Waals surface area contributed by atoms with Crippen molar-refractivity contribution >= 4 is 0 Å². The topological polar surface area (TPSA) is 49.0 Å². The van der Waals surface area contributed by atoms with Crippen molar-refractivity contribution in [2.45, 2.75) is 12.7 Å². The van der Waals surface area contributed by atoms with E-state index in [0.29, 0.717) is 19.8 Å². The molecule has 2 aliphatic rings. The molecule has 0 aromatic heterocycles. The van der Waals surface area contributed by atoms with Gasteiger partial charge in [0, 0.05) is 20.2 Å². The van der Waals surface area contributed by atoms with E-state index < -0.39 is 0 Å². The molecule has 1 N–H and O–H groups in total. The highest BCUT2D eigenvalue weighted by Gasteiger charge is 2.23. The molecular weight excluding hydrogens is 246 g/mol. The summed E-state index contributed by atoms with van der Waals surface area (Å²) in [5.41, 5.74) is 2.22. The molecular formula is C14H19NO4. The maximum Gasteiger partial charge on any atom is 0.161 e. The molecule has 3 rings (SSSR count). The summed E-state index contributed by atoms with van der Waals surface area (Å²) in [5.74, 6) is 1.60. The standard InChI is InChI=1S/C14H19NO4/c1-16-9-10-6-12-13(19-5-4-18-12)7-11(10)14-8-15-2-3-17-14/h6-7,14-15H,2-5,8-9H2,1H3. The molecule has 0 spiro atoms. The van der Waals surface area contributed by atoms with Crippen LogP contribution < -0.4 is 14.8 Å². The predicted octanol–water partition coefficient (Wildman–Crippen LogP) is 1.27. The molecule has 0 radical (unpaired) electrons. The average Bonchev–Trinajstić information content (AvgIpc) is 2.48. The molecule has 5 nitrogen and oxygen atoms in total. The largest absolute Gasteiger partial charge is 0.486 e. The van der Waals surface area contributed by atoms with Crippen LogP contribution in [0.2, 0.25) is 0 Å². The Bertz CT molecular complexity index is 443. The molecule has 0 bridgehead atoms. The number of methoxy groups -OCH3 is 1. The van der Waals surface area contributed by atoms with Gasteiger partial charge < -0.3 is 24.3 Å². The molecule has 5 heteroatoms. The Balaban J connectivity index is 1.94. The summed E-state index contributed by atoms with van der Waals surface area (Å²) in [6.45, 7) is 4.19. The Kier molecular flexibility index (Phi) is 3.87. The third kappa shape index (κ3) is 2.68. The lowest BCUT2D eigenvalue weighted by atomic mass is 10.0. The number of morpholine rings is 1. The Labute approximate surface area is 112 Å². The monoisotopic (exact) mass is 265 g/mol. The lowest BCUT2D eigenvalue weighted by Crippen LogP contribution is -2.34. The number of rotatable bonds is 3. The number of ether oxygens (including phenoxy) is 4. The molecule has 2 heterocycles. The maximum absolute atomic E-state index is 5.83. The third-order valence-corrected chi connectivity index (χ3v) is 3.38. The molecule has 1 aromatic rings. The zero-order valence-corrected chi connectivity index (χ0v) is 11.1. The minimum Gasteiger partial charge on any atom is -0.486 e. The van der Waals surface area contributed by atoms with Crippen LogP contribution in [0, 0.1) is 0 Å². The van der Waals surface area contributed by atoms with Crippen molar-refractivity contribution in [3.63, 3.8) is 0 Å². The van der Waals surface area contributed by atoms with Crippen molar-refractivity contribution in [1.82, 2.24) is 5.32 Å². The van der Waals surface area contributed by atoms with Gasteiger partial charge in [0.1, 0.15) is 13.2 Å². The molecule has 1 saturated heterocycles. The minimum absolute atomic E-state index is 0.0507. The molecule has 0 amide bonds. The van der Waals surface area contributed by atoms with Crippen molar-refractivity contribution in [2.24, 2.45) is 0 Å². The van der Waals surface area contributed by atoms with Crippen molar-refractivity contribution in [2.75, 3.05) is 40.0 Å². The highest BCUT2D eigenvalue weighted by atomic mass is 16.6. The van der Waals surface area contributed by atoms with Crippen molar-refractivity contribution < 1.29 is 18.9 Å². The van der Waals surface area contributed by atoms with Crippen molar-refractivity contribution in [3.05, 3.63) is 23.3 Å². The van der Waals surface area contributed by atoms with Gasteiger partial charge in [0.2, 0.25) is 0 Å². The Morgan fingerprint density at radius 2 is 2.00 bits per heavy atom. The lowest BCUT2D eigenvalue weighted by molar-refractivity contribution is 0.0257. The second-order valence-electron chi connectivity index (χ2n) is 4.69. The van der Waals surface area contributed by atoms with Crippen LogP contribution >= 0.6 is 0 Å². The summed E-state index contributed by atoms with van der Waals surface area (Å²) in [6.07, 6.45) is 0.0507. The first-order chi connectivity index (χ1) is 9.38. The van der Waals surface area contributed by atoms with E-state index in [1.807, 2.05) is 12.1 Å². The molecule has 19 heavy (non-hydrogen) atoms. The number of fused-ring (bicyclic) bond motifs is 1. The summed E-state index contributed by atoms with van der Waals surface area (Å²) in [4.78, 5) is 0. The molecule has 0 aliphatic carbocycles. The van der Waals surface area contributed by atoms with Crippen molar-refractivity contribution in [3.8, 4) is 11.5 Å². The van der Waals surface area contributed by atoms with Crippen LogP contribution in [-0.2, 0) is 16.1 Å². The zero-order chi connectivity index (χ0) is 13.1. The zero-order valence-electron chi connectivity index (χ0n) is 11.1. The van der Waals surface area contributed by atoms with Gasteiger partial charge in [-0.25, -0.2) is 0 Å². The smallest absolute Gasteiger partial charge is 0.161 e. The second kappa shape index (κ2) is 5.77. The SMILES string of the molecule is COCc1cc2c(cc1C1CNCCO1)OCCO2. The van der Waals surface area contributed by atoms with Gasteiger partial charge in [-0.1, -0.05) is 0 Å².